The third-order valence-corrected chi connectivity index (χ3v) is 3.34. The molecule has 2 atom stereocenters. The molecule has 0 aromatic heterocycles. The van der Waals surface area contributed by atoms with Crippen LogP contribution in [0.25, 0.3) is 0 Å². The third kappa shape index (κ3) is 2.50. The molecule has 0 saturated heterocycles. The standard InChI is InChI=1S/C12H14ClFO/c13-10-4-5-11(14)9(7-10)6-8-2-1-3-12(8)15/h4-5,7-8,12,15H,1-3,6H2. The van der Waals surface area contributed by atoms with Crippen molar-refractivity contribution in [2.75, 3.05) is 0 Å². The smallest absolute Gasteiger partial charge is 0.126 e. The van der Waals surface area contributed by atoms with Gasteiger partial charge in [0.1, 0.15) is 5.82 Å². The molecule has 0 radical (unpaired) electrons. The molecule has 2 unspecified atom stereocenters. The molecule has 1 aromatic rings. The van der Waals surface area contributed by atoms with Gasteiger partial charge in [-0.25, -0.2) is 4.39 Å². The first-order valence-electron chi connectivity index (χ1n) is 5.29. The SMILES string of the molecule is OC1CCCC1Cc1cc(Cl)ccc1F. The summed E-state index contributed by atoms with van der Waals surface area (Å²) < 4.78 is 13.4. The number of aliphatic hydroxyl groups is 1. The van der Waals surface area contributed by atoms with Gasteiger partial charge < -0.3 is 5.11 Å². The van der Waals surface area contributed by atoms with Gasteiger partial charge in [0.2, 0.25) is 0 Å². The number of halogens is 2. The van der Waals surface area contributed by atoms with Crippen molar-refractivity contribution in [1.82, 2.24) is 0 Å². The van der Waals surface area contributed by atoms with E-state index in [0.29, 0.717) is 17.0 Å². The first kappa shape index (κ1) is 10.9. The lowest BCUT2D eigenvalue weighted by atomic mass is 9.96. The normalized spacial score (nSPS) is 25.8. The maximum Gasteiger partial charge on any atom is 0.126 e. The van der Waals surface area contributed by atoms with E-state index in [1.54, 1.807) is 12.1 Å². The van der Waals surface area contributed by atoms with Crippen LogP contribution in [0.3, 0.4) is 0 Å². The van der Waals surface area contributed by atoms with Crippen molar-refractivity contribution in [3.63, 3.8) is 0 Å². The minimum atomic E-state index is -0.275. The van der Waals surface area contributed by atoms with Gasteiger partial charge in [0.25, 0.3) is 0 Å². The molecule has 0 heterocycles. The number of hydrogen-bond acceptors (Lipinski definition) is 1. The summed E-state index contributed by atoms with van der Waals surface area (Å²) in [6.07, 6.45) is 3.17. The van der Waals surface area contributed by atoms with E-state index in [0.717, 1.165) is 19.3 Å². The summed E-state index contributed by atoms with van der Waals surface area (Å²) >= 11 is 5.81. The first-order chi connectivity index (χ1) is 7.16. The predicted octanol–water partition coefficient (Wildman–Crippen LogP) is 3.18. The highest BCUT2D eigenvalue weighted by Gasteiger charge is 2.26. The van der Waals surface area contributed by atoms with Gasteiger partial charge in [-0.1, -0.05) is 18.0 Å². The van der Waals surface area contributed by atoms with Crippen molar-refractivity contribution in [2.24, 2.45) is 5.92 Å². The third-order valence-electron chi connectivity index (χ3n) is 3.11. The Kier molecular flexibility index (Phi) is 3.27. The lowest BCUT2D eigenvalue weighted by Crippen LogP contribution is -2.16. The zero-order valence-electron chi connectivity index (χ0n) is 8.42. The van der Waals surface area contributed by atoms with Crippen molar-refractivity contribution in [3.8, 4) is 0 Å². The van der Waals surface area contributed by atoms with Crippen LogP contribution in [0.15, 0.2) is 18.2 Å². The van der Waals surface area contributed by atoms with E-state index in [1.165, 1.54) is 6.07 Å². The van der Waals surface area contributed by atoms with E-state index < -0.39 is 0 Å². The fourth-order valence-corrected chi connectivity index (χ4v) is 2.43. The molecule has 0 aliphatic heterocycles. The van der Waals surface area contributed by atoms with Gasteiger partial charge in [0.05, 0.1) is 6.10 Å². The molecular formula is C12H14ClFO. The van der Waals surface area contributed by atoms with Crippen molar-refractivity contribution in [2.45, 2.75) is 31.8 Å². The summed E-state index contributed by atoms with van der Waals surface area (Å²) in [5.41, 5.74) is 0.619. The van der Waals surface area contributed by atoms with E-state index in [9.17, 15) is 9.50 Å². The van der Waals surface area contributed by atoms with Crippen LogP contribution < -0.4 is 0 Å². The molecular weight excluding hydrogens is 215 g/mol. The van der Waals surface area contributed by atoms with Crippen LogP contribution in [0.4, 0.5) is 4.39 Å². The molecule has 1 N–H and O–H groups in total. The maximum atomic E-state index is 13.4. The van der Waals surface area contributed by atoms with Gasteiger partial charge in [-0.2, -0.15) is 0 Å². The lowest BCUT2D eigenvalue weighted by molar-refractivity contribution is 0.132. The molecule has 15 heavy (non-hydrogen) atoms. The van der Waals surface area contributed by atoms with Gasteiger partial charge in [0.15, 0.2) is 0 Å². The molecule has 0 bridgehead atoms. The summed E-state index contributed by atoms with van der Waals surface area (Å²) in [6, 6.07) is 4.59. The first-order valence-corrected chi connectivity index (χ1v) is 5.66. The van der Waals surface area contributed by atoms with Gasteiger partial charge in [0, 0.05) is 5.02 Å². The fraction of sp³-hybridized carbons (Fsp3) is 0.500. The Bertz CT molecular complexity index is 353. The Morgan fingerprint density at radius 3 is 2.87 bits per heavy atom. The van der Waals surface area contributed by atoms with Crippen LogP contribution in [0, 0.1) is 11.7 Å². The lowest BCUT2D eigenvalue weighted by Gasteiger charge is -2.14. The molecule has 1 aliphatic rings. The monoisotopic (exact) mass is 228 g/mol. The van der Waals surface area contributed by atoms with E-state index >= 15 is 0 Å². The topological polar surface area (TPSA) is 20.2 Å². The average molecular weight is 229 g/mol. The molecule has 3 heteroatoms. The van der Waals surface area contributed by atoms with Crippen LogP contribution >= 0.6 is 11.6 Å². The summed E-state index contributed by atoms with van der Waals surface area (Å²) in [5, 5.41) is 10.2. The largest absolute Gasteiger partial charge is 0.393 e. The zero-order valence-corrected chi connectivity index (χ0v) is 9.17. The number of hydrogen-bond donors (Lipinski definition) is 1. The van der Waals surface area contributed by atoms with Gasteiger partial charge in [-0.15, -0.1) is 0 Å². The van der Waals surface area contributed by atoms with Crippen LogP contribution in [-0.4, -0.2) is 11.2 Å². The van der Waals surface area contributed by atoms with E-state index in [4.69, 9.17) is 11.6 Å². The van der Waals surface area contributed by atoms with Crippen molar-refractivity contribution >= 4 is 11.6 Å². The Morgan fingerprint density at radius 2 is 2.20 bits per heavy atom. The zero-order chi connectivity index (χ0) is 10.8. The molecule has 2 rings (SSSR count). The second-order valence-electron chi connectivity index (χ2n) is 4.20. The molecule has 1 aromatic carbocycles. The molecule has 82 valence electrons. The van der Waals surface area contributed by atoms with Gasteiger partial charge in [-0.05, 0) is 48.9 Å². The van der Waals surface area contributed by atoms with Crippen molar-refractivity contribution < 1.29 is 9.50 Å². The highest BCUT2D eigenvalue weighted by molar-refractivity contribution is 6.30. The van der Waals surface area contributed by atoms with E-state index in [2.05, 4.69) is 0 Å². The Morgan fingerprint density at radius 1 is 1.40 bits per heavy atom. The molecule has 1 fully saturated rings. The van der Waals surface area contributed by atoms with Crippen LogP contribution in [-0.2, 0) is 6.42 Å². The Hall–Kier alpha value is -0.600. The highest BCUT2D eigenvalue weighted by atomic mass is 35.5. The predicted molar refractivity (Wildman–Crippen MR) is 58.5 cm³/mol. The molecule has 1 aliphatic carbocycles. The van der Waals surface area contributed by atoms with Crippen LogP contribution in [0.1, 0.15) is 24.8 Å². The van der Waals surface area contributed by atoms with Crippen LogP contribution in [0.5, 0.6) is 0 Å². The summed E-state index contributed by atoms with van der Waals surface area (Å²) in [5.74, 6) is -0.0310. The summed E-state index contributed by atoms with van der Waals surface area (Å²) in [7, 11) is 0. The second-order valence-corrected chi connectivity index (χ2v) is 4.63. The minimum Gasteiger partial charge on any atom is -0.393 e. The minimum absolute atomic E-state index is 0.193. The van der Waals surface area contributed by atoms with Crippen LogP contribution in [0.2, 0.25) is 5.02 Å². The van der Waals surface area contributed by atoms with E-state index in [1.807, 2.05) is 0 Å². The Labute approximate surface area is 93.9 Å². The number of aliphatic hydroxyl groups excluding tert-OH is 1. The van der Waals surface area contributed by atoms with Crippen molar-refractivity contribution in [3.05, 3.63) is 34.6 Å². The molecule has 0 amide bonds. The van der Waals surface area contributed by atoms with Gasteiger partial charge >= 0.3 is 0 Å². The number of benzene rings is 1. The fourth-order valence-electron chi connectivity index (χ4n) is 2.24. The number of rotatable bonds is 2. The van der Waals surface area contributed by atoms with Gasteiger partial charge in [-0.3, -0.25) is 0 Å². The molecule has 1 nitrogen and oxygen atoms in total. The molecule has 0 spiro atoms. The second kappa shape index (κ2) is 4.50. The average Bonchev–Trinajstić information content (AvgIpc) is 2.58. The summed E-state index contributed by atoms with van der Waals surface area (Å²) in [6.45, 7) is 0. The molecule has 1 saturated carbocycles. The quantitative estimate of drug-likeness (QED) is 0.824. The maximum absolute atomic E-state index is 13.4. The summed E-state index contributed by atoms with van der Waals surface area (Å²) in [4.78, 5) is 0. The highest BCUT2D eigenvalue weighted by Crippen LogP contribution is 2.30. The van der Waals surface area contributed by atoms with Crippen molar-refractivity contribution in [1.29, 1.82) is 0 Å². The van der Waals surface area contributed by atoms with E-state index in [-0.39, 0.29) is 17.8 Å². The Balaban J connectivity index is 2.12.